The summed E-state index contributed by atoms with van der Waals surface area (Å²) in [7, 11) is 1.30. The van der Waals surface area contributed by atoms with Crippen LogP contribution in [0.1, 0.15) is 18.9 Å². The first-order chi connectivity index (χ1) is 11.1. The van der Waals surface area contributed by atoms with Crippen molar-refractivity contribution in [2.45, 2.75) is 38.4 Å². The van der Waals surface area contributed by atoms with Crippen LogP contribution in [0.15, 0.2) is 43.0 Å². The summed E-state index contributed by atoms with van der Waals surface area (Å²) in [6.07, 6.45) is -0.276. The highest BCUT2D eigenvalue weighted by molar-refractivity contribution is 5.69. The number of benzene rings is 1. The Morgan fingerprint density at radius 3 is 2.74 bits per heavy atom. The van der Waals surface area contributed by atoms with Crippen LogP contribution in [0.5, 0.6) is 0 Å². The van der Waals surface area contributed by atoms with E-state index in [-0.39, 0.29) is 18.3 Å². The number of hydrogen-bond donors (Lipinski definition) is 1. The van der Waals surface area contributed by atoms with Crippen LogP contribution < -0.4 is 0 Å². The maximum Gasteiger partial charge on any atom is 0.308 e. The molecule has 2 rings (SSSR count). The van der Waals surface area contributed by atoms with Gasteiger partial charge in [0, 0.05) is 11.8 Å². The van der Waals surface area contributed by atoms with Gasteiger partial charge in [0.15, 0.2) is 6.29 Å². The molecule has 0 aliphatic carbocycles. The van der Waals surface area contributed by atoms with Crippen molar-refractivity contribution < 1.29 is 24.1 Å². The summed E-state index contributed by atoms with van der Waals surface area (Å²) >= 11 is 0. The SMILES string of the molecule is C=C[C@H]1[C@H](C)[C@@H](OCc2ccccc2)O[C@H]1C(O)CC(=O)OC. The van der Waals surface area contributed by atoms with Gasteiger partial charge in [0.1, 0.15) is 0 Å². The van der Waals surface area contributed by atoms with E-state index in [0.29, 0.717) is 6.61 Å². The van der Waals surface area contributed by atoms with E-state index < -0.39 is 24.5 Å². The Bertz CT molecular complexity index is 515. The van der Waals surface area contributed by atoms with Gasteiger partial charge in [-0.2, -0.15) is 0 Å². The quantitative estimate of drug-likeness (QED) is 0.617. The lowest BCUT2D eigenvalue weighted by Gasteiger charge is -2.21. The number of hydrogen-bond acceptors (Lipinski definition) is 5. The minimum atomic E-state index is -0.946. The summed E-state index contributed by atoms with van der Waals surface area (Å²) in [6, 6.07) is 9.81. The number of aliphatic hydroxyl groups excluding tert-OH is 1. The van der Waals surface area contributed by atoms with Gasteiger partial charge in [-0.15, -0.1) is 6.58 Å². The molecule has 1 aliphatic rings. The van der Waals surface area contributed by atoms with E-state index in [1.807, 2.05) is 37.3 Å². The van der Waals surface area contributed by atoms with E-state index in [0.717, 1.165) is 5.56 Å². The van der Waals surface area contributed by atoms with Crippen molar-refractivity contribution in [1.82, 2.24) is 0 Å². The van der Waals surface area contributed by atoms with Crippen LogP contribution in [-0.4, -0.2) is 36.7 Å². The second-order valence-corrected chi connectivity index (χ2v) is 5.79. The number of carbonyl (C=O) groups excluding carboxylic acids is 1. The fourth-order valence-electron chi connectivity index (χ4n) is 2.86. The molecule has 5 atom stereocenters. The summed E-state index contributed by atoms with van der Waals surface area (Å²) < 4.78 is 16.3. The zero-order valence-corrected chi connectivity index (χ0v) is 13.6. The zero-order chi connectivity index (χ0) is 16.8. The van der Waals surface area contributed by atoms with E-state index in [9.17, 15) is 9.90 Å². The van der Waals surface area contributed by atoms with Gasteiger partial charge < -0.3 is 19.3 Å². The Labute approximate surface area is 136 Å². The number of esters is 1. The molecule has 1 saturated heterocycles. The minimum absolute atomic E-state index is 0.0357. The predicted molar refractivity (Wildman–Crippen MR) is 85.4 cm³/mol. The Morgan fingerprint density at radius 2 is 2.13 bits per heavy atom. The van der Waals surface area contributed by atoms with Crippen molar-refractivity contribution in [2.75, 3.05) is 7.11 Å². The molecule has 0 radical (unpaired) electrons. The Balaban J connectivity index is 1.97. The fraction of sp³-hybridized carbons (Fsp3) is 0.500. The molecule has 1 aromatic rings. The topological polar surface area (TPSA) is 65.0 Å². The maximum atomic E-state index is 11.4. The van der Waals surface area contributed by atoms with E-state index >= 15 is 0 Å². The average molecular weight is 320 g/mol. The first-order valence-corrected chi connectivity index (χ1v) is 7.75. The van der Waals surface area contributed by atoms with Gasteiger partial charge in [0.2, 0.25) is 0 Å². The average Bonchev–Trinajstić information content (AvgIpc) is 2.89. The molecule has 0 bridgehead atoms. The highest BCUT2D eigenvalue weighted by Gasteiger charge is 2.44. The molecule has 1 aliphatic heterocycles. The monoisotopic (exact) mass is 320 g/mol. The van der Waals surface area contributed by atoms with Gasteiger partial charge in [0.25, 0.3) is 0 Å². The summed E-state index contributed by atoms with van der Waals surface area (Å²) in [5.41, 5.74) is 1.05. The van der Waals surface area contributed by atoms with Crippen LogP contribution in [0.4, 0.5) is 0 Å². The Kier molecular flexibility index (Phi) is 6.33. The molecular weight excluding hydrogens is 296 g/mol. The fourth-order valence-corrected chi connectivity index (χ4v) is 2.86. The Morgan fingerprint density at radius 1 is 1.43 bits per heavy atom. The van der Waals surface area contributed by atoms with Crippen LogP contribution in [0.2, 0.25) is 0 Å². The molecule has 1 aromatic carbocycles. The van der Waals surface area contributed by atoms with Crippen molar-refractivity contribution in [3.63, 3.8) is 0 Å². The number of methoxy groups -OCH3 is 1. The second kappa shape index (κ2) is 8.24. The smallest absolute Gasteiger partial charge is 0.308 e. The summed E-state index contributed by atoms with van der Waals surface area (Å²) in [5.74, 6) is -0.519. The van der Waals surface area contributed by atoms with Gasteiger partial charge in [-0.1, -0.05) is 43.3 Å². The summed E-state index contributed by atoms with van der Waals surface area (Å²) in [4.78, 5) is 11.4. The largest absolute Gasteiger partial charge is 0.469 e. The minimum Gasteiger partial charge on any atom is -0.469 e. The maximum absolute atomic E-state index is 11.4. The number of ether oxygens (including phenoxy) is 3. The first-order valence-electron chi connectivity index (χ1n) is 7.75. The van der Waals surface area contributed by atoms with Crippen molar-refractivity contribution in [3.05, 3.63) is 48.6 Å². The zero-order valence-electron chi connectivity index (χ0n) is 13.6. The van der Waals surface area contributed by atoms with E-state index in [1.54, 1.807) is 6.08 Å². The predicted octanol–water partition coefficient (Wildman–Crippen LogP) is 2.29. The van der Waals surface area contributed by atoms with Gasteiger partial charge in [0.05, 0.1) is 32.3 Å². The molecule has 5 heteroatoms. The lowest BCUT2D eigenvalue weighted by molar-refractivity contribution is -0.174. The third-order valence-corrected chi connectivity index (χ3v) is 4.22. The van der Waals surface area contributed by atoms with Crippen molar-refractivity contribution in [1.29, 1.82) is 0 Å². The first kappa shape index (κ1) is 17.7. The Hall–Kier alpha value is -1.69. The number of aliphatic hydroxyl groups is 1. The van der Waals surface area contributed by atoms with E-state index in [2.05, 4.69) is 11.3 Å². The molecule has 1 heterocycles. The third kappa shape index (κ3) is 4.41. The molecular formula is C18H24O5. The van der Waals surface area contributed by atoms with Crippen LogP contribution in [0.3, 0.4) is 0 Å². The van der Waals surface area contributed by atoms with Crippen LogP contribution in [0.25, 0.3) is 0 Å². The molecule has 1 unspecified atom stereocenters. The third-order valence-electron chi connectivity index (χ3n) is 4.22. The molecule has 0 spiro atoms. The lowest BCUT2D eigenvalue weighted by atomic mass is 9.88. The van der Waals surface area contributed by atoms with Gasteiger partial charge in [-0.05, 0) is 5.56 Å². The van der Waals surface area contributed by atoms with Gasteiger partial charge >= 0.3 is 5.97 Å². The number of carbonyl (C=O) groups is 1. The number of rotatable bonds is 7. The normalized spacial score (nSPS) is 28.3. The van der Waals surface area contributed by atoms with Gasteiger partial charge in [-0.25, -0.2) is 0 Å². The summed E-state index contributed by atoms with van der Waals surface area (Å²) in [6.45, 7) is 6.24. The highest BCUT2D eigenvalue weighted by atomic mass is 16.7. The molecule has 0 amide bonds. The molecule has 5 nitrogen and oxygen atoms in total. The molecule has 0 aromatic heterocycles. The molecule has 0 saturated carbocycles. The van der Waals surface area contributed by atoms with Crippen LogP contribution in [-0.2, 0) is 25.6 Å². The molecule has 126 valence electrons. The van der Waals surface area contributed by atoms with Crippen molar-refractivity contribution >= 4 is 5.97 Å². The standard InChI is InChI=1S/C18H24O5/c1-4-14-12(2)18(22-11-13-8-6-5-7-9-13)23-17(14)15(19)10-16(20)21-3/h4-9,12,14-15,17-19H,1,10-11H2,2-3H3/t12-,14-,15?,17+,18-/m0/s1. The molecule has 23 heavy (non-hydrogen) atoms. The molecule has 1 N–H and O–H groups in total. The highest BCUT2D eigenvalue weighted by Crippen LogP contribution is 2.36. The molecule has 1 fully saturated rings. The van der Waals surface area contributed by atoms with Crippen molar-refractivity contribution in [2.24, 2.45) is 11.8 Å². The van der Waals surface area contributed by atoms with E-state index in [1.165, 1.54) is 7.11 Å². The summed E-state index contributed by atoms with van der Waals surface area (Å²) in [5, 5.41) is 10.2. The lowest BCUT2D eigenvalue weighted by Crippen LogP contribution is -2.33. The second-order valence-electron chi connectivity index (χ2n) is 5.79. The van der Waals surface area contributed by atoms with E-state index in [4.69, 9.17) is 9.47 Å². The van der Waals surface area contributed by atoms with Crippen LogP contribution >= 0.6 is 0 Å². The van der Waals surface area contributed by atoms with Gasteiger partial charge in [-0.3, -0.25) is 4.79 Å². The van der Waals surface area contributed by atoms with Crippen molar-refractivity contribution in [3.8, 4) is 0 Å². The van der Waals surface area contributed by atoms with Crippen LogP contribution in [0, 0.1) is 11.8 Å².